The van der Waals surface area contributed by atoms with Crippen LogP contribution in [0.4, 0.5) is 18.9 Å². The van der Waals surface area contributed by atoms with Crippen LogP contribution in [-0.2, 0) is 9.84 Å². The number of piperazine rings is 1. The molecule has 0 amide bonds. The minimum atomic E-state index is -4.00. The molecular formula is C20H23F3N2O4S. The van der Waals surface area contributed by atoms with Crippen LogP contribution in [0.15, 0.2) is 52.3 Å². The standard InChI is InChI=1S/C20H23F3N2O4S/c1-24-8-10-25(11-9-24)18-14-17(5-6-19(18)28-12-7-21)30(26,27)16-4-2-3-15(13-16)29-20(22)23/h2-6,13-14,20H,7-12H2,1H3/i21-1. The van der Waals surface area contributed by atoms with E-state index in [0.29, 0.717) is 24.5 Å². The first-order chi connectivity index (χ1) is 14.3. The number of likely N-dealkylation sites (N-methyl/N-ethyl adjacent to an activating group) is 1. The number of alkyl halides is 3. The summed E-state index contributed by atoms with van der Waals surface area (Å²) in [6.45, 7) is -0.982. The van der Waals surface area contributed by atoms with E-state index >= 15 is 0 Å². The zero-order valence-corrected chi connectivity index (χ0v) is 17.2. The third kappa shape index (κ3) is 5.17. The van der Waals surface area contributed by atoms with Gasteiger partial charge in [0.15, 0.2) is 0 Å². The van der Waals surface area contributed by atoms with Crippen molar-refractivity contribution in [3.8, 4) is 11.5 Å². The van der Waals surface area contributed by atoms with E-state index in [1.807, 2.05) is 11.9 Å². The maximum atomic E-state index is 13.1. The fourth-order valence-electron chi connectivity index (χ4n) is 3.18. The van der Waals surface area contributed by atoms with E-state index in [0.717, 1.165) is 19.2 Å². The van der Waals surface area contributed by atoms with Crippen molar-refractivity contribution in [2.24, 2.45) is 0 Å². The summed E-state index contributed by atoms with van der Waals surface area (Å²) in [5, 5.41) is 0. The maximum absolute atomic E-state index is 13.1. The summed E-state index contributed by atoms with van der Waals surface area (Å²) in [4.78, 5) is 3.96. The van der Waals surface area contributed by atoms with E-state index in [1.165, 1.54) is 36.4 Å². The lowest BCUT2D eigenvalue weighted by Gasteiger charge is -2.35. The van der Waals surface area contributed by atoms with Gasteiger partial charge in [-0.15, -0.1) is 0 Å². The third-order valence-corrected chi connectivity index (χ3v) is 6.51. The molecule has 0 N–H and O–H groups in total. The van der Waals surface area contributed by atoms with Crippen molar-refractivity contribution in [1.82, 2.24) is 4.90 Å². The molecule has 0 saturated carbocycles. The second-order valence-electron chi connectivity index (χ2n) is 6.81. The zero-order valence-electron chi connectivity index (χ0n) is 16.4. The Labute approximate surface area is 173 Å². The quantitative estimate of drug-likeness (QED) is 0.625. The molecule has 1 heterocycles. The largest absolute Gasteiger partial charge is 0.489 e. The van der Waals surface area contributed by atoms with Gasteiger partial charge in [0.2, 0.25) is 9.84 Å². The number of ether oxygens (including phenoxy) is 2. The van der Waals surface area contributed by atoms with Crippen molar-refractivity contribution in [1.29, 1.82) is 0 Å². The Morgan fingerprint density at radius 2 is 1.73 bits per heavy atom. The molecular weight excluding hydrogens is 420 g/mol. The molecule has 2 aromatic carbocycles. The fourth-order valence-corrected chi connectivity index (χ4v) is 4.50. The van der Waals surface area contributed by atoms with Gasteiger partial charge in [-0.25, -0.2) is 12.8 Å². The van der Waals surface area contributed by atoms with E-state index in [-0.39, 0.29) is 22.1 Å². The summed E-state index contributed by atoms with van der Waals surface area (Å²) in [7, 11) is -2.00. The van der Waals surface area contributed by atoms with Crippen LogP contribution < -0.4 is 14.4 Å². The first kappa shape index (κ1) is 22.2. The van der Waals surface area contributed by atoms with Gasteiger partial charge in [-0.05, 0) is 43.4 Å². The highest BCUT2D eigenvalue weighted by Gasteiger charge is 2.24. The van der Waals surface area contributed by atoms with E-state index in [4.69, 9.17) is 4.74 Å². The van der Waals surface area contributed by atoms with Crippen molar-refractivity contribution in [3.05, 3.63) is 42.5 Å². The van der Waals surface area contributed by atoms with E-state index < -0.39 is 23.1 Å². The number of hydrogen-bond acceptors (Lipinski definition) is 6. The summed E-state index contributed by atoms with van der Waals surface area (Å²) >= 11 is 0. The minimum Gasteiger partial charge on any atom is -0.489 e. The molecule has 164 valence electrons. The van der Waals surface area contributed by atoms with E-state index in [9.17, 15) is 21.6 Å². The van der Waals surface area contributed by atoms with Crippen molar-refractivity contribution in [2.45, 2.75) is 16.4 Å². The molecule has 0 aromatic heterocycles. The summed E-state index contributed by atoms with van der Waals surface area (Å²) in [6, 6.07) is 9.31. The predicted octanol–water partition coefficient (Wildman–Crippen LogP) is 3.22. The van der Waals surface area contributed by atoms with Gasteiger partial charge in [0.25, 0.3) is 0 Å². The Balaban J connectivity index is 1.97. The first-order valence-corrected chi connectivity index (χ1v) is 10.9. The van der Waals surface area contributed by atoms with Gasteiger partial charge in [-0.2, -0.15) is 8.78 Å². The van der Waals surface area contributed by atoms with Crippen LogP contribution in [0.1, 0.15) is 0 Å². The Hall–Kier alpha value is -2.46. The molecule has 0 radical (unpaired) electrons. The summed E-state index contributed by atoms with van der Waals surface area (Å²) in [6.07, 6.45) is 0. The zero-order chi connectivity index (χ0) is 21.7. The maximum Gasteiger partial charge on any atom is 0.387 e. The Kier molecular flexibility index (Phi) is 7.09. The summed E-state index contributed by atoms with van der Waals surface area (Å²) < 4.78 is 73.6. The molecule has 1 aliphatic heterocycles. The number of hydrogen-bond donors (Lipinski definition) is 0. The molecule has 0 bridgehead atoms. The van der Waals surface area contributed by atoms with Crippen molar-refractivity contribution in [2.75, 3.05) is 51.4 Å². The Morgan fingerprint density at radius 1 is 1.03 bits per heavy atom. The number of nitrogens with zero attached hydrogens (tertiary/aromatic N) is 2. The van der Waals surface area contributed by atoms with Gasteiger partial charge < -0.3 is 19.3 Å². The topological polar surface area (TPSA) is 59.1 Å². The molecule has 6 nitrogen and oxygen atoms in total. The molecule has 1 aliphatic rings. The molecule has 10 heteroatoms. The average molecular weight is 443 g/mol. The van der Waals surface area contributed by atoms with E-state index in [1.54, 1.807) is 0 Å². The molecule has 0 aliphatic carbocycles. The highest BCUT2D eigenvalue weighted by Crippen LogP contribution is 2.34. The van der Waals surface area contributed by atoms with Crippen molar-refractivity contribution in [3.63, 3.8) is 0 Å². The molecule has 0 atom stereocenters. The van der Waals surface area contributed by atoms with E-state index in [2.05, 4.69) is 9.64 Å². The summed E-state index contributed by atoms with van der Waals surface area (Å²) in [5.41, 5.74) is 0.553. The third-order valence-electron chi connectivity index (χ3n) is 4.76. The van der Waals surface area contributed by atoms with Gasteiger partial charge in [-0.1, -0.05) is 6.07 Å². The lowest BCUT2D eigenvalue weighted by Crippen LogP contribution is -2.44. The van der Waals surface area contributed by atoms with Gasteiger partial charge in [0.1, 0.15) is 24.8 Å². The number of benzene rings is 2. The highest BCUT2D eigenvalue weighted by molar-refractivity contribution is 7.91. The number of anilines is 1. The van der Waals surface area contributed by atoms with Crippen LogP contribution in [0.25, 0.3) is 0 Å². The first-order valence-electron chi connectivity index (χ1n) is 9.37. The van der Waals surface area contributed by atoms with Crippen LogP contribution in [0.5, 0.6) is 11.5 Å². The molecule has 0 spiro atoms. The van der Waals surface area contributed by atoms with Crippen LogP contribution in [0.2, 0.25) is 0 Å². The number of halogens is 3. The Morgan fingerprint density at radius 3 is 2.40 bits per heavy atom. The lowest BCUT2D eigenvalue weighted by atomic mass is 10.2. The van der Waals surface area contributed by atoms with Gasteiger partial charge in [-0.3, -0.25) is 0 Å². The smallest absolute Gasteiger partial charge is 0.387 e. The highest BCUT2D eigenvalue weighted by atomic mass is 32.2. The van der Waals surface area contributed by atoms with Crippen LogP contribution in [0, 0.1) is 0 Å². The second kappa shape index (κ2) is 9.57. The minimum absolute atomic E-state index is 0.0155. The molecule has 1 fully saturated rings. The number of sulfone groups is 1. The molecule has 3 rings (SSSR count). The molecule has 30 heavy (non-hydrogen) atoms. The summed E-state index contributed by atoms with van der Waals surface area (Å²) in [5.74, 6) is 0.152. The van der Waals surface area contributed by atoms with Crippen LogP contribution in [0.3, 0.4) is 0 Å². The van der Waals surface area contributed by atoms with Crippen LogP contribution in [-0.4, -0.2) is 66.4 Å². The molecule has 1 saturated heterocycles. The van der Waals surface area contributed by atoms with Crippen molar-refractivity contribution < 1.29 is 31.1 Å². The SMILES string of the molecule is CN1CCN(c2cc(S(=O)(=O)c3cccc(OC(F)F)c3)ccc2OCC[18F])CC1. The monoisotopic (exact) mass is 443 g/mol. The van der Waals surface area contributed by atoms with Crippen LogP contribution >= 0.6 is 0 Å². The second-order valence-corrected chi connectivity index (χ2v) is 8.76. The number of rotatable bonds is 8. The van der Waals surface area contributed by atoms with Crippen molar-refractivity contribution >= 4 is 15.5 Å². The molecule has 2 aromatic rings. The van der Waals surface area contributed by atoms with Gasteiger partial charge in [0.05, 0.1) is 15.5 Å². The lowest BCUT2D eigenvalue weighted by molar-refractivity contribution is -0.0499. The predicted molar refractivity (Wildman–Crippen MR) is 106 cm³/mol. The Bertz CT molecular complexity index is 964. The van der Waals surface area contributed by atoms with Gasteiger partial charge in [0, 0.05) is 26.2 Å². The average Bonchev–Trinajstić information content (AvgIpc) is 2.72. The normalized spacial score (nSPS) is 15.4. The molecule has 0 unspecified atom stereocenters. The van der Waals surface area contributed by atoms with Gasteiger partial charge >= 0.3 is 6.61 Å². The fraction of sp³-hybridized carbons (Fsp3) is 0.400.